The van der Waals surface area contributed by atoms with Gasteiger partial charge < -0.3 is 12.4 Å². The van der Waals surface area contributed by atoms with Gasteiger partial charge in [0.25, 0.3) is 0 Å². The van der Waals surface area contributed by atoms with Crippen LogP contribution < -0.4 is 17.0 Å². The van der Waals surface area contributed by atoms with Gasteiger partial charge >= 0.3 is 0 Å². The molecule has 0 amide bonds. The van der Waals surface area contributed by atoms with Gasteiger partial charge in [-0.05, 0) is 6.42 Å². The minimum Gasteiger partial charge on any atom is -1.00 e. The second-order valence-corrected chi connectivity index (χ2v) is 3.53. The van der Waals surface area contributed by atoms with Crippen LogP contribution in [0, 0.1) is 0 Å². The van der Waals surface area contributed by atoms with Gasteiger partial charge in [-0.1, -0.05) is 32.3 Å². The zero-order chi connectivity index (χ0) is 9.36. The molecule has 0 saturated carbocycles. The molecular formula is C12H20ClN. The van der Waals surface area contributed by atoms with E-state index in [1.54, 1.807) is 0 Å². The van der Waals surface area contributed by atoms with Gasteiger partial charge in [0.1, 0.15) is 6.54 Å². The fraction of sp³-hybridized carbons (Fsp3) is 0.583. The van der Waals surface area contributed by atoms with Crippen LogP contribution in [-0.4, -0.2) is 0 Å². The summed E-state index contributed by atoms with van der Waals surface area (Å²) in [6.45, 7) is 3.43. The minimum absolute atomic E-state index is 0. The van der Waals surface area contributed by atoms with Crippen LogP contribution in [0.5, 0.6) is 0 Å². The molecule has 0 fully saturated rings. The second-order valence-electron chi connectivity index (χ2n) is 3.53. The molecule has 0 aliphatic rings. The second kappa shape index (κ2) is 9.01. The quantitative estimate of drug-likeness (QED) is 0.461. The van der Waals surface area contributed by atoms with Crippen molar-refractivity contribution in [1.82, 2.24) is 0 Å². The van der Waals surface area contributed by atoms with Gasteiger partial charge in [0.15, 0.2) is 12.4 Å². The molecule has 0 atom stereocenters. The lowest BCUT2D eigenvalue weighted by atomic mass is 10.1. The number of rotatable bonds is 6. The van der Waals surface area contributed by atoms with Gasteiger partial charge in [0.05, 0.1) is 0 Å². The number of aromatic nitrogens is 1. The van der Waals surface area contributed by atoms with Crippen LogP contribution in [0.15, 0.2) is 30.6 Å². The molecule has 1 aromatic heterocycles. The molecule has 1 nitrogen and oxygen atoms in total. The van der Waals surface area contributed by atoms with Crippen LogP contribution in [-0.2, 0) is 6.54 Å². The average Bonchev–Trinajstić information content (AvgIpc) is 2.19. The topological polar surface area (TPSA) is 3.88 Å². The van der Waals surface area contributed by atoms with Crippen molar-refractivity contribution in [2.75, 3.05) is 0 Å². The smallest absolute Gasteiger partial charge is 0.168 e. The summed E-state index contributed by atoms with van der Waals surface area (Å²) in [5.41, 5.74) is 0. The van der Waals surface area contributed by atoms with Crippen molar-refractivity contribution in [3.63, 3.8) is 0 Å². The number of pyridine rings is 1. The number of nitrogens with zero attached hydrogens (tertiary/aromatic N) is 1. The highest BCUT2D eigenvalue weighted by Crippen LogP contribution is 2.01. The highest BCUT2D eigenvalue weighted by Gasteiger charge is 1.96. The molecule has 0 bridgehead atoms. The van der Waals surface area contributed by atoms with Crippen molar-refractivity contribution >= 4 is 0 Å². The summed E-state index contributed by atoms with van der Waals surface area (Å²) < 4.78 is 2.26. The predicted molar refractivity (Wildman–Crippen MR) is 55.4 cm³/mol. The van der Waals surface area contributed by atoms with E-state index in [9.17, 15) is 0 Å². The monoisotopic (exact) mass is 213 g/mol. The van der Waals surface area contributed by atoms with Crippen LogP contribution in [0.1, 0.15) is 39.0 Å². The van der Waals surface area contributed by atoms with E-state index in [2.05, 4.69) is 42.1 Å². The van der Waals surface area contributed by atoms with Gasteiger partial charge in [-0.15, -0.1) is 0 Å². The van der Waals surface area contributed by atoms with Crippen LogP contribution in [0.25, 0.3) is 0 Å². The van der Waals surface area contributed by atoms with Crippen molar-refractivity contribution in [3.05, 3.63) is 30.6 Å². The molecule has 0 aliphatic heterocycles. The van der Waals surface area contributed by atoms with E-state index in [0.29, 0.717) is 0 Å². The van der Waals surface area contributed by atoms with E-state index in [4.69, 9.17) is 0 Å². The zero-order valence-corrected chi connectivity index (χ0v) is 9.71. The molecule has 0 aromatic carbocycles. The summed E-state index contributed by atoms with van der Waals surface area (Å²) in [5, 5.41) is 0. The Bertz CT molecular complexity index is 211. The minimum atomic E-state index is 0. The molecular weight excluding hydrogens is 194 g/mol. The molecule has 0 unspecified atom stereocenters. The van der Waals surface area contributed by atoms with Crippen molar-refractivity contribution in [2.24, 2.45) is 0 Å². The van der Waals surface area contributed by atoms with E-state index in [-0.39, 0.29) is 12.4 Å². The molecule has 0 N–H and O–H groups in total. The summed E-state index contributed by atoms with van der Waals surface area (Å²) in [6.07, 6.45) is 11.1. The Hall–Kier alpha value is -0.560. The summed E-state index contributed by atoms with van der Waals surface area (Å²) in [7, 11) is 0. The van der Waals surface area contributed by atoms with E-state index >= 15 is 0 Å². The van der Waals surface area contributed by atoms with Gasteiger partial charge in [0, 0.05) is 18.6 Å². The first-order valence-corrected chi connectivity index (χ1v) is 5.37. The average molecular weight is 214 g/mol. The molecule has 1 heterocycles. The fourth-order valence-electron chi connectivity index (χ4n) is 1.48. The Kier molecular flexibility index (Phi) is 8.65. The summed E-state index contributed by atoms with van der Waals surface area (Å²) in [6, 6.07) is 6.24. The third-order valence-corrected chi connectivity index (χ3v) is 2.30. The summed E-state index contributed by atoms with van der Waals surface area (Å²) in [5.74, 6) is 0. The molecule has 0 aliphatic carbocycles. The molecule has 0 saturated heterocycles. The van der Waals surface area contributed by atoms with Gasteiger partial charge in [-0.2, -0.15) is 0 Å². The maximum Gasteiger partial charge on any atom is 0.168 e. The molecule has 0 spiro atoms. The first kappa shape index (κ1) is 13.4. The fourth-order valence-corrected chi connectivity index (χ4v) is 1.48. The maximum absolute atomic E-state index is 2.26. The van der Waals surface area contributed by atoms with Crippen molar-refractivity contribution < 1.29 is 17.0 Å². The Labute approximate surface area is 93.6 Å². The van der Waals surface area contributed by atoms with Crippen LogP contribution in [0.2, 0.25) is 0 Å². The Morgan fingerprint density at radius 1 is 0.857 bits per heavy atom. The third-order valence-electron chi connectivity index (χ3n) is 2.30. The van der Waals surface area contributed by atoms with E-state index in [1.165, 1.54) is 38.6 Å². The highest BCUT2D eigenvalue weighted by atomic mass is 35.5. The lowest BCUT2D eigenvalue weighted by molar-refractivity contribution is -0.697. The normalized spacial score (nSPS) is 9.50. The predicted octanol–water partition coefficient (Wildman–Crippen LogP) is -0.0515. The Balaban J connectivity index is 0.00000169. The SMILES string of the molecule is CCCCCCC[n+]1ccccc1.[Cl-]. The standard InChI is InChI=1S/C12H20N.ClH/c1-2-3-4-5-7-10-13-11-8-6-9-12-13;/h6,8-9,11-12H,2-5,7,10H2,1H3;1H/q+1;/p-1. The first-order valence-electron chi connectivity index (χ1n) is 5.37. The van der Waals surface area contributed by atoms with Gasteiger partial charge in [0.2, 0.25) is 0 Å². The van der Waals surface area contributed by atoms with Crippen molar-refractivity contribution in [2.45, 2.75) is 45.6 Å². The largest absolute Gasteiger partial charge is 1.00 e. The van der Waals surface area contributed by atoms with E-state index in [1.807, 2.05) is 0 Å². The molecule has 1 aromatic rings. The highest BCUT2D eigenvalue weighted by molar-refractivity contribution is 4.83. The molecule has 1 rings (SSSR count). The zero-order valence-electron chi connectivity index (χ0n) is 8.95. The van der Waals surface area contributed by atoms with Crippen LogP contribution in [0.4, 0.5) is 0 Å². The maximum atomic E-state index is 2.26. The third kappa shape index (κ3) is 5.98. The lowest BCUT2D eigenvalue weighted by Gasteiger charge is -1.97. The number of halogens is 1. The summed E-state index contributed by atoms with van der Waals surface area (Å²) in [4.78, 5) is 0. The van der Waals surface area contributed by atoms with Gasteiger partial charge in [-0.25, -0.2) is 4.57 Å². The van der Waals surface area contributed by atoms with Crippen LogP contribution >= 0.6 is 0 Å². The Morgan fingerprint density at radius 2 is 1.50 bits per heavy atom. The molecule has 14 heavy (non-hydrogen) atoms. The van der Waals surface area contributed by atoms with Crippen LogP contribution in [0.3, 0.4) is 0 Å². The first-order chi connectivity index (χ1) is 6.43. The van der Waals surface area contributed by atoms with E-state index < -0.39 is 0 Å². The number of hydrogen-bond donors (Lipinski definition) is 0. The molecule has 2 heteroatoms. The van der Waals surface area contributed by atoms with Gasteiger partial charge in [-0.3, -0.25) is 0 Å². The summed E-state index contributed by atoms with van der Waals surface area (Å²) >= 11 is 0. The Morgan fingerprint density at radius 3 is 2.14 bits per heavy atom. The number of hydrogen-bond acceptors (Lipinski definition) is 0. The van der Waals surface area contributed by atoms with E-state index in [0.717, 1.165) is 0 Å². The lowest BCUT2D eigenvalue weighted by Crippen LogP contribution is -3.00. The molecule has 80 valence electrons. The number of unbranched alkanes of at least 4 members (excludes halogenated alkanes) is 4. The van der Waals surface area contributed by atoms with Crippen molar-refractivity contribution in [1.29, 1.82) is 0 Å². The van der Waals surface area contributed by atoms with Crippen molar-refractivity contribution in [3.8, 4) is 0 Å². The number of aryl methyl sites for hydroxylation is 1. The molecule has 0 radical (unpaired) electrons.